The third kappa shape index (κ3) is 8.83. The third-order valence-electron chi connectivity index (χ3n) is 2.21. The smallest absolute Gasteiger partial charge is 0.372 e. The van der Waals surface area contributed by atoms with Crippen LogP contribution in [0.5, 0.6) is 0 Å². The Bertz CT molecular complexity index is 279. The van der Waals surface area contributed by atoms with Gasteiger partial charge in [-0.05, 0) is 6.42 Å². The average Bonchev–Trinajstić information content (AvgIpc) is 2.37. The van der Waals surface area contributed by atoms with Crippen LogP contribution in [0.4, 0.5) is 0 Å². The van der Waals surface area contributed by atoms with Crippen molar-refractivity contribution in [2.24, 2.45) is 0 Å². The first-order valence-corrected chi connectivity index (χ1v) is 6.08. The fraction of sp³-hybridized carbons (Fsp3) is 0.750. The molecule has 0 aliphatic heterocycles. The Hall–Kier alpha value is -1.27. The van der Waals surface area contributed by atoms with Gasteiger partial charge in [-0.15, -0.1) is 0 Å². The van der Waals surface area contributed by atoms with Crippen LogP contribution in [0.15, 0.2) is 0 Å². The lowest BCUT2D eigenvalue weighted by Gasteiger charge is -2.04. The minimum atomic E-state index is -0.163. The Morgan fingerprint density at radius 1 is 1.22 bits per heavy atom. The van der Waals surface area contributed by atoms with Crippen molar-refractivity contribution in [3.8, 4) is 0 Å². The summed E-state index contributed by atoms with van der Waals surface area (Å²) in [5, 5.41) is 2.45. The molecular formula is C12H23N2O4+. The predicted octanol–water partition coefficient (Wildman–Crippen LogP) is -0.195. The zero-order valence-electron chi connectivity index (χ0n) is 11.2. The molecule has 2 amide bonds. The van der Waals surface area contributed by atoms with Gasteiger partial charge in [-0.25, -0.2) is 4.79 Å². The highest BCUT2D eigenvalue weighted by Gasteiger charge is 2.12. The summed E-state index contributed by atoms with van der Waals surface area (Å²) in [7, 11) is 1.55. The number of carbonyl (C=O) groups excluding carboxylic acids is 2. The first-order valence-electron chi connectivity index (χ1n) is 6.08. The molecule has 0 atom stereocenters. The van der Waals surface area contributed by atoms with E-state index in [9.17, 15) is 9.59 Å². The molecule has 6 heteroatoms. The first-order chi connectivity index (χ1) is 8.61. The molecule has 0 saturated heterocycles. The van der Waals surface area contributed by atoms with Crippen LogP contribution in [-0.2, 0) is 19.1 Å². The van der Waals surface area contributed by atoms with E-state index in [1.54, 1.807) is 7.05 Å². The van der Waals surface area contributed by atoms with E-state index in [1.807, 2.05) is 6.92 Å². The lowest BCUT2D eigenvalue weighted by molar-refractivity contribution is -0.445. The zero-order valence-corrected chi connectivity index (χ0v) is 11.2. The van der Waals surface area contributed by atoms with Gasteiger partial charge in [0.2, 0.25) is 5.91 Å². The van der Waals surface area contributed by atoms with Crippen molar-refractivity contribution in [3.05, 3.63) is 0 Å². The summed E-state index contributed by atoms with van der Waals surface area (Å²) in [5.74, 6) is -0.138. The van der Waals surface area contributed by atoms with Gasteiger partial charge in [0, 0.05) is 7.05 Å². The summed E-state index contributed by atoms with van der Waals surface area (Å²) in [4.78, 5) is 22.2. The van der Waals surface area contributed by atoms with E-state index in [0.29, 0.717) is 32.8 Å². The molecule has 6 nitrogen and oxygen atoms in total. The molecule has 0 radical (unpaired) electrons. The van der Waals surface area contributed by atoms with E-state index in [2.05, 4.69) is 12.0 Å². The number of rotatable bonds is 10. The lowest BCUT2D eigenvalue weighted by atomic mass is 10.3. The van der Waals surface area contributed by atoms with Crippen LogP contribution in [-0.4, -0.2) is 63.1 Å². The normalized spacial score (nSPS) is 10.1. The maximum atomic E-state index is 11.4. The van der Waals surface area contributed by atoms with Gasteiger partial charge in [0.05, 0.1) is 19.6 Å². The number of hydrogen-bond donors (Lipinski definition) is 1. The molecule has 18 heavy (non-hydrogen) atoms. The van der Waals surface area contributed by atoms with Crippen LogP contribution in [0.2, 0.25) is 0 Å². The summed E-state index contributed by atoms with van der Waals surface area (Å²) < 4.78 is 11.7. The molecule has 0 spiro atoms. The largest absolute Gasteiger partial charge is 0.386 e. The lowest BCUT2D eigenvalue weighted by Crippen LogP contribution is -2.25. The van der Waals surface area contributed by atoms with Crippen LogP contribution in [0.3, 0.4) is 0 Å². The molecule has 0 heterocycles. The number of likely N-dealkylation sites (N-methyl/N-ethyl adjacent to an activating group) is 1. The molecule has 1 N–H and O–H groups in total. The minimum Gasteiger partial charge on any atom is -0.372 e. The van der Waals surface area contributed by atoms with E-state index in [0.717, 1.165) is 6.42 Å². The van der Waals surface area contributed by atoms with Crippen molar-refractivity contribution in [1.82, 2.24) is 5.32 Å². The molecule has 0 fully saturated rings. The van der Waals surface area contributed by atoms with Crippen LogP contribution < -0.4 is 5.32 Å². The molecule has 104 valence electrons. The molecule has 0 aromatic carbocycles. The van der Waals surface area contributed by atoms with Gasteiger partial charge in [0.25, 0.3) is 0 Å². The zero-order chi connectivity index (χ0) is 13.8. The fourth-order valence-electron chi connectivity index (χ4n) is 1.13. The molecular weight excluding hydrogens is 236 g/mol. The van der Waals surface area contributed by atoms with E-state index >= 15 is 0 Å². The molecule has 0 bridgehead atoms. The Labute approximate surface area is 108 Å². The van der Waals surface area contributed by atoms with E-state index in [-0.39, 0.29) is 18.4 Å². The Balaban J connectivity index is 3.37. The van der Waals surface area contributed by atoms with Crippen molar-refractivity contribution < 1.29 is 23.6 Å². The first kappa shape index (κ1) is 16.7. The summed E-state index contributed by atoms with van der Waals surface area (Å²) in [6, 6.07) is 0. The number of hydrogen-bond acceptors (Lipinski definition) is 4. The number of nitrogens with one attached hydrogen (secondary N) is 1. The summed E-state index contributed by atoms with van der Waals surface area (Å²) in [5.41, 5.74) is 0. The summed E-state index contributed by atoms with van der Waals surface area (Å²) in [6.07, 6.45) is 1.33. The van der Waals surface area contributed by atoms with Crippen LogP contribution >= 0.6 is 0 Å². The standard InChI is InChI=1S/C12H22N2O4/c1-4-5-12(16)14(3)6-7-17-8-9-18-10-11(15)13-2/h3-10H2,1-2H3/p+1. The SMILES string of the molecule is C=[N+](CCOCCOCC(=O)NC)C(=O)CCC. The van der Waals surface area contributed by atoms with Crippen molar-refractivity contribution >= 4 is 18.5 Å². The molecule has 0 aromatic heterocycles. The molecule has 0 aromatic rings. The van der Waals surface area contributed by atoms with Crippen molar-refractivity contribution in [2.45, 2.75) is 19.8 Å². The highest BCUT2D eigenvalue weighted by atomic mass is 16.5. The van der Waals surface area contributed by atoms with Gasteiger partial charge in [-0.2, -0.15) is 4.58 Å². The minimum absolute atomic E-state index is 0.0250. The quantitative estimate of drug-likeness (QED) is 0.335. The second kappa shape index (κ2) is 10.9. The fourth-order valence-corrected chi connectivity index (χ4v) is 1.13. The van der Waals surface area contributed by atoms with Crippen molar-refractivity contribution in [2.75, 3.05) is 40.0 Å². The van der Waals surface area contributed by atoms with Gasteiger partial charge in [0.1, 0.15) is 19.9 Å². The molecule has 0 aliphatic carbocycles. The van der Waals surface area contributed by atoms with Gasteiger partial charge in [-0.1, -0.05) is 6.92 Å². The van der Waals surface area contributed by atoms with Gasteiger partial charge >= 0.3 is 5.91 Å². The van der Waals surface area contributed by atoms with Crippen molar-refractivity contribution in [3.63, 3.8) is 0 Å². The van der Waals surface area contributed by atoms with Crippen molar-refractivity contribution in [1.29, 1.82) is 0 Å². The van der Waals surface area contributed by atoms with Crippen LogP contribution in [0.25, 0.3) is 0 Å². The maximum absolute atomic E-state index is 11.4. The topological polar surface area (TPSA) is 67.6 Å². The Kier molecular flexibility index (Phi) is 10.1. The Morgan fingerprint density at radius 2 is 1.89 bits per heavy atom. The second-order valence-electron chi connectivity index (χ2n) is 3.75. The molecule has 0 saturated carbocycles. The number of ether oxygens (including phenoxy) is 2. The van der Waals surface area contributed by atoms with Gasteiger partial charge in [-0.3, -0.25) is 4.79 Å². The van der Waals surface area contributed by atoms with Gasteiger partial charge in [0.15, 0.2) is 6.54 Å². The monoisotopic (exact) mass is 259 g/mol. The van der Waals surface area contributed by atoms with Crippen LogP contribution in [0.1, 0.15) is 19.8 Å². The third-order valence-corrected chi connectivity index (χ3v) is 2.21. The van der Waals surface area contributed by atoms with E-state index in [4.69, 9.17) is 9.47 Å². The predicted molar refractivity (Wildman–Crippen MR) is 67.9 cm³/mol. The second-order valence-corrected chi connectivity index (χ2v) is 3.75. The highest BCUT2D eigenvalue weighted by Crippen LogP contribution is 1.90. The van der Waals surface area contributed by atoms with E-state index in [1.165, 1.54) is 4.58 Å². The molecule has 0 aliphatic rings. The highest BCUT2D eigenvalue weighted by molar-refractivity contribution is 5.76. The Morgan fingerprint density at radius 3 is 2.50 bits per heavy atom. The van der Waals surface area contributed by atoms with Crippen LogP contribution in [0, 0.1) is 0 Å². The number of carbonyl (C=O) groups is 2. The van der Waals surface area contributed by atoms with Gasteiger partial charge < -0.3 is 14.8 Å². The molecule has 0 unspecified atom stereocenters. The number of amides is 2. The van der Waals surface area contributed by atoms with E-state index < -0.39 is 0 Å². The average molecular weight is 259 g/mol. The summed E-state index contributed by atoms with van der Waals surface area (Å²) >= 11 is 0. The maximum Gasteiger partial charge on any atom is 0.386 e. The molecule has 0 rings (SSSR count). The number of nitrogens with zero attached hydrogens (tertiary/aromatic N) is 1. The summed E-state index contributed by atoms with van der Waals surface area (Å²) in [6.45, 7) is 7.27.